The molecule has 0 N–H and O–H groups in total. The van der Waals surface area contributed by atoms with E-state index in [1.807, 2.05) is 12.1 Å². The van der Waals surface area contributed by atoms with Crippen LogP contribution in [0.2, 0.25) is 0 Å². The summed E-state index contributed by atoms with van der Waals surface area (Å²) in [6.07, 6.45) is 1.18. The predicted octanol–water partition coefficient (Wildman–Crippen LogP) is 4.03. The molecule has 1 unspecified atom stereocenters. The molecule has 4 nitrogen and oxygen atoms in total. The second-order valence-corrected chi connectivity index (χ2v) is 6.50. The van der Waals surface area contributed by atoms with Crippen LogP contribution in [0.25, 0.3) is 11.5 Å². The van der Waals surface area contributed by atoms with Crippen LogP contribution in [0, 0.1) is 6.92 Å². The Bertz CT molecular complexity index is 795. The molecule has 122 valence electrons. The first kappa shape index (κ1) is 15.1. The highest BCUT2D eigenvalue weighted by Crippen LogP contribution is 2.28. The highest BCUT2D eigenvalue weighted by molar-refractivity contribution is 5.52. The predicted molar refractivity (Wildman–Crippen MR) is 93.5 cm³/mol. The van der Waals surface area contributed by atoms with Crippen molar-refractivity contribution < 1.29 is 4.42 Å². The zero-order valence-electron chi connectivity index (χ0n) is 13.9. The first-order valence-electron chi connectivity index (χ1n) is 8.44. The van der Waals surface area contributed by atoms with Crippen molar-refractivity contribution >= 4 is 0 Å². The number of benzene rings is 2. The third-order valence-electron chi connectivity index (χ3n) is 4.67. The third-order valence-corrected chi connectivity index (χ3v) is 4.67. The monoisotopic (exact) mass is 319 g/mol. The average Bonchev–Trinajstić information content (AvgIpc) is 3.27. The summed E-state index contributed by atoms with van der Waals surface area (Å²) in [5.41, 5.74) is 3.62. The van der Waals surface area contributed by atoms with Crippen molar-refractivity contribution in [2.45, 2.75) is 25.8 Å². The molecule has 24 heavy (non-hydrogen) atoms. The number of aryl methyl sites for hydroxylation is 1. The molecule has 3 aromatic rings. The molecule has 1 saturated heterocycles. The highest BCUT2D eigenvalue weighted by Gasteiger charge is 2.25. The van der Waals surface area contributed by atoms with Crippen LogP contribution < -0.4 is 0 Å². The van der Waals surface area contributed by atoms with Crippen molar-refractivity contribution in [3.63, 3.8) is 0 Å². The lowest BCUT2D eigenvalue weighted by atomic mass is 9.99. The summed E-state index contributed by atoms with van der Waals surface area (Å²) in [6, 6.07) is 18.9. The van der Waals surface area contributed by atoms with Crippen molar-refractivity contribution in [1.82, 2.24) is 15.1 Å². The summed E-state index contributed by atoms with van der Waals surface area (Å²) in [5.74, 6) is 1.90. The number of aromatic nitrogens is 2. The van der Waals surface area contributed by atoms with E-state index >= 15 is 0 Å². The second kappa shape index (κ2) is 6.57. The molecule has 0 aliphatic carbocycles. The molecule has 1 aliphatic heterocycles. The fourth-order valence-electron chi connectivity index (χ4n) is 3.30. The summed E-state index contributed by atoms with van der Waals surface area (Å²) in [7, 11) is 0. The number of likely N-dealkylation sites (tertiary alicyclic amines) is 1. The molecule has 0 saturated carbocycles. The average molecular weight is 319 g/mol. The van der Waals surface area contributed by atoms with E-state index in [1.165, 1.54) is 17.5 Å². The van der Waals surface area contributed by atoms with Crippen molar-refractivity contribution in [2.75, 3.05) is 13.1 Å². The molecule has 0 spiro atoms. The van der Waals surface area contributed by atoms with E-state index in [4.69, 9.17) is 4.42 Å². The summed E-state index contributed by atoms with van der Waals surface area (Å²) in [6.45, 7) is 4.91. The van der Waals surface area contributed by atoms with Gasteiger partial charge in [0.1, 0.15) is 0 Å². The molecule has 1 aromatic heterocycles. The van der Waals surface area contributed by atoms with E-state index < -0.39 is 0 Å². The second-order valence-electron chi connectivity index (χ2n) is 6.50. The van der Waals surface area contributed by atoms with Gasteiger partial charge in [-0.15, -0.1) is 10.2 Å². The minimum absolute atomic E-state index is 0.601. The van der Waals surface area contributed by atoms with Gasteiger partial charge in [0.25, 0.3) is 0 Å². The van der Waals surface area contributed by atoms with Crippen LogP contribution in [0.1, 0.15) is 29.4 Å². The molecule has 2 heterocycles. The van der Waals surface area contributed by atoms with Gasteiger partial charge in [-0.2, -0.15) is 0 Å². The fraction of sp³-hybridized carbons (Fsp3) is 0.300. The maximum atomic E-state index is 5.85. The van der Waals surface area contributed by atoms with Crippen molar-refractivity contribution in [3.8, 4) is 11.5 Å². The van der Waals surface area contributed by atoms with Crippen LogP contribution in [0.5, 0.6) is 0 Å². The Labute approximate surface area is 142 Å². The van der Waals surface area contributed by atoms with Crippen LogP contribution in [0.4, 0.5) is 0 Å². The molecular formula is C20H21N3O. The van der Waals surface area contributed by atoms with E-state index in [9.17, 15) is 0 Å². The summed E-state index contributed by atoms with van der Waals surface area (Å²) >= 11 is 0. The van der Waals surface area contributed by atoms with E-state index in [1.54, 1.807) is 0 Å². The fourth-order valence-corrected chi connectivity index (χ4v) is 3.30. The maximum absolute atomic E-state index is 5.85. The highest BCUT2D eigenvalue weighted by atomic mass is 16.4. The van der Waals surface area contributed by atoms with E-state index in [0.29, 0.717) is 17.7 Å². The normalized spacial score (nSPS) is 18.1. The zero-order chi connectivity index (χ0) is 16.4. The van der Waals surface area contributed by atoms with Crippen molar-refractivity contribution in [3.05, 3.63) is 71.6 Å². The molecular weight excluding hydrogens is 298 g/mol. The van der Waals surface area contributed by atoms with E-state index in [2.05, 4.69) is 64.5 Å². The largest absolute Gasteiger partial charge is 0.419 e. The Balaban J connectivity index is 1.41. The van der Waals surface area contributed by atoms with Gasteiger partial charge in [0, 0.05) is 12.1 Å². The third kappa shape index (κ3) is 3.24. The van der Waals surface area contributed by atoms with Gasteiger partial charge in [0.05, 0.1) is 6.54 Å². The number of hydrogen-bond acceptors (Lipinski definition) is 4. The van der Waals surface area contributed by atoms with Gasteiger partial charge in [0.2, 0.25) is 11.8 Å². The maximum Gasteiger partial charge on any atom is 0.247 e. The Morgan fingerprint density at radius 1 is 1.04 bits per heavy atom. The van der Waals surface area contributed by atoms with E-state index in [-0.39, 0.29) is 0 Å². The Hall–Kier alpha value is -2.46. The molecule has 1 atom stereocenters. The van der Waals surface area contributed by atoms with Gasteiger partial charge in [-0.1, -0.05) is 48.0 Å². The summed E-state index contributed by atoms with van der Waals surface area (Å²) < 4.78 is 5.85. The molecule has 1 fully saturated rings. The van der Waals surface area contributed by atoms with E-state index in [0.717, 1.165) is 25.2 Å². The standard InChI is InChI=1S/C20H21N3O/c1-15-7-9-17(10-8-15)20-22-21-19(24-20)14-23-12-11-18(13-23)16-5-3-2-4-6-16/h2-10,18H,11-14H2,1H3. The van der Waals surface area contributed by atoms with Gasteiger partial charge in [0.15, 0.2) is 0 Å². The zero-order valence-corrected chi connectivity index (χ0v) is 13.9. The van der Waals surface area contributed by atoms with Crippen LogP contribution in [-0.4, -0.2) is 28.2 Å². The summed E-state index contributed by atoms with van der Waals surface area (Å²) in [5, 5.41) is 8.41. The van der Waals surface area contributed by atoms with Crippen molar-refractivity contribution in [1.29, 1.82) is 0 Å². The molecule has 0 radical (unpaired) electrons. The van der Waals surface area contributed by atoms with Crippen molar-refractivity contribution in [2.24, 2.45) is 0 Å². The Morgan fingerprint density at radius 3 is 2.62 bits per heavy atom. The van der Waals surface area contributed by atoms with Gasteiger partial charge >= 0.3 is 0 Å². The van der Waals surface area contributed by atoms with Gasteiger partial charge in [-0.3, -0.25) is 4.90 Å². The van der Waals surface area contributed by atoms with Crippen LogP contribution in [0.15, 0.2) is 59.0 Å². The number of hydrogen-bond donors (Lipinski definition) is 0. The lowest BCUT2D eigenvalue weighted by molar-refractivity contribution is 0.289. The molecule has 0 bridgehead atoms. The lowest BCUT2D eigenvalue weighted by Gasteiger charge is -2.13. The molecule has 4 rings (SSSR count). The Morgan fingerprint density at radius 2 is 1.83 bits per heavy atom. The molecule has 1 aliphatic rings. The molecule has 0 amide bonds. The SMILES string of the molecule is Cc1ccc(-c2nnc(CN3CCC(c4ccccc4)C3)o2)cc1. The topological polar surface area (TPSA) is 42.2 Å². The first-order chi connectivity index (χ1) is 11.8. The number of rotatable bonds is 4. The number of nitrogens with zero attached hydrogens (tertiary/aromatic N) is 3. The van der Waals surface area contributed by atoms with Crippen LogP contribution >= 0.6 is 0 Å². The quantitative estimate of drug-likeness (QED) is 0.728. The van der Waals surface area contributed by atoms with Gasteiger partial charge in [-0.05, 0) is 43.5 Å². The summed E-state index contributed by atoms with van der Waals surface area (Å²) in [4.78, 5) is 2.39. The minimum atomic E-state index is 0.601. The van der Waals surface area contributed by atoms with Gasteiger partial charge < -0.3 is 4.42 Å². The molecule has 4 heteroatoms. The van der Waals surface area contributed by atoms with Crippen LogP contribution in [0.3, 0.4) is 0 Å². The lowest BCUT2D eigenvalue weighted by Crippen LogP contribution is -2.19. The smallest absolute Gasteiger partial charge is 0.247 e. The first-order valence-corrected chi connectivity index (χ1v) is 8.44. The molecule has 2 aromatic carbocycles. The van der Waals surface area contributed by atoms with Crippen LogP contribution in [-0.2, 0) is 6.54 Å². The minimum Gasteiger partial charge on any atom is -0.419 e. The Kier molecular flexibility index (Phi) is 4.13. The van der Waals surface area contributed by atoms with Gasteiger partial charge in [-0.25, -0.2) is 0 Å².